The van der Waals surface area contributed by atoms with Crippen molar-refractivity contribution in [2.45, 2.75) is 65.3 Å². The maximum atomic E-state index is 12.8. The molecule has 1 saturated carbocycles. The molecule has 4 heteroatoms. The highest BCUT2D eigenvalue weighted by Gasteiger charge is 2.22. The van der Waals surface area contributed by atoms with Gasteiger partial charge in [0.05, 0.1) is 17.2 Å². The van der Waals surface area contributed by atoms with Crippen LogP contribution in [-0.2, 0) is 6.54 Å². The minimum Gasteiger partial charge on any atom is -0.352 e. The van der Waals surface area contributed by atoms with Crippen molar-refractivity contribution in [2.24, 2.45) is 5.92 Å². The number of rotatable bonds is 7. The molecule has 1 aromatic heterocycles. The van der Waals surface area contributed by atoms with Gasteiger partial charge in [0, 0.05) is 24.5 Å². The van der Waals surface area contributed by atoms with E-state index in [-0.39, 0.29) is 5.91 Å². The van der Waals surface area contributed by atoms with Crippen LogP contribution in [0.5, 0.6) is 0 Å². The van der Waals surface area contributed by atoms with E-state index in [4.69, 9.17) is 0 Å². The largest absolute Gasteiger partial charge is 0.352 e. The summed E-state index contributed by atoms with van der Waals surface area (Å²) in [4.78, 5) is 12.8. The first-order valence-electron chi connectivity index (χ1n) is 10.6. The van der Waals surface area contributed by atoms with Crippen molar-refractivity contribution in [3.8, 4) is 17.3 Å². The topological polar surface area (TPSA) is 57.8 Å². The number of nitriles is 1. The molecule has 0 atom stereocenters. The monoisotopic (exact) mass is 377 g/mol. The fourth-order valence-corrected chi connectivity index (χ4v) is 4.20. The molecule has 0 saturated heterocycles. The summed E-state index contributed by atoms with van der Waals surface area (Å²) in [5.41, 5.74) is 4.47. The molecule has 0 bridgehead atoms. The van der Waals surface area contributed by atoms with E-state index in [1.165, 1.54) is 32.1 Å². The first-order valence-corrected chi connectivity index (χ1v) is 10.6. The lowest BCUT2D eigenvalue weighted by Gasteiger charge is -2.24. The van der Waals surface area contributed by atoms with Gasteiger partial charge in [-0.1, -0.05) is 44.7 Å². The number of aromatic nitrogens is 1. The molecular formula is C24H31N3O. The lowest BCUT2D eigenvalue weighted by molar-refractivity contribution is 0.0952. The summed E-state index contributed by atoms with van der Waals surface area (Å²) in [6, 6.07) is 11.9. The van der Waals surface area contributed by atoms with Crippen LogP contribution in [0.4, 0.5) is 0 Å². The van der Waals surface area contributed by atoms with Gasteiger partial charge in [0.1, 0.15) is 0 Å². The van der Waals surface area contributed by atoms with E-state index in [0.29, 0.717) is 18.0 Å². The number of benzene rings is 1. The molecule has 0 spiro atoms. The summed E-state index contributed by atoms with van der Waals surface area (Å²) >= 11 is 0. The summed E-state index contributed by atoms with van der Waals surface area (Å²) in [6.07, 6.45) is 8.51. The fraction of sp³-hybridized carbons (Fsp3) is 0.500. The molecule has 28 heavy (non-hydrogen) atoms. The lowest BCUT2D eigenvalue weighted by Crippen LogP contribution is -2.25. The molecule has 2 aromatic rings. The molecule has 0 aliphatic heterocycles. The van der Waals surface area contributed by atoms with Crippen molar-refractivity contribution in [3.63, 3.8) is 0 Å². The van der Waals surface area contributed by atoms with E-state index >= 15 is 0 Å². The van der Waals surface area contributed by atoms with E-state index in [1.807, 2.05) is 30.3 Å². The highest BCUT2D eigenvalue weighted by molar-refractivity contribution is 5.97. The van der Waals surface area contributed by atoms with Gasteiger partial charge < -0.3 is 9.88 Å². The van der Waals surface area contributed by atoms with E-state index in [9.17, 15) is 10.1 Å². The number of amides is 1. The van der Waals surface area contributed by atoms with Crippen LogP contribution in [-0.4, -0.2) is 17.0 Å². The maximum absolute atomic E-state index is 12.8. The number of hydrogen-bond donors (Lipinski definition) is 1. The lowest BCUT2D eigenvalue weighted by atomic mass is 9.89. The quantitative estimate of drug-likeness (QED) is 0.653. The zero-order valence-electron chi connectivity index (χ0n) is 17.1. The number of hydrogen-bond acceptors (Lipinski definition) is 2. The van der Waals surface area contributed by atoms with Gasteiger partial charge in [-0.3, -0.25) is 4.79 Å². The molecule has 4 nitrogen and oxygen atoms in total. The van der Waals surface area contributed by atoms with Gasteiger partial charge in [-0.05, 0) is 55.9 Å². The normalized spacial score (nSPS) is 14.6. The van der Waals surface area contributed by atoms with Crippen molar-refractivity contribution in [2.75, 3.05) is 6.54 Å². The Morgan fingerprint density at radius 3 is 2.75 bits per heavy atom. The van der Waals surface area contributed by atoms with Gasteiger partial charge in [0.25, 0.3) is 5.91 Å². The van der Waals surface area contributed by atoms with Crippen LogP contribution < -0.4 is 5.32 Å². The smallest absolute Gasteiger partial charge is 0.253 e. The molecule has 3 rings (SSSR count). The molecule has 148 valence electrons. The summed E-state index contributed by atoms with van der Waals surface area (Å²) < 4.78 is 2.31. The minimum absolute atomic E-state index is 0.00559. The van der Waals surface area contributed by atoms with Crippen LogP contribution >= 0.6 is 0 Å². The van der Waals surface area contributed by atoms with Crippen LogP contribution in [0, 0.1) is 24.2 Å². The minimum atomic E-state index is 0.00559. The zero-order chi connectivity index (χ0) is 19.9. The van der Waals surface area contributed by atoms with E-state index in [1.54, 1.807) is 0 Å². The zero-order valence-corrected chi connectivity index (χ0v) is 17.1. The van der Waals surface area contributed by atoms with Crippen molar-refractivity contribution in [1.29, 1.82) is 5.26 Å². The van der Waals surface area contributed by atoms with Gasteiger partial charge in [0.2, 0.25) is 0 Å². The Kier molecular flexibility index (Phi) is 6.92. The molecule has 0 unspecified atom stereocenters. The van der Waals surface area contributed by atoms with Crippen LogP contribution in [0.1, 0.15) is 73.5 Å². The molecule has 1 amide bonds. The van der Waals surface area contributed by atoms with Gasteiger partial charge in [-0.25, -0.2) is 0 Å². The second-order valence-electron chi connectivity index (χ2n) is 7.95. The first-order chi connectivity index (χ1) is 13.6. The third kappa shape index (κ3) is 4.65. The average Bonchev–Trinajstić information content (AvgIpc) is 3.05. The number of nitrogens with zero attached hydrogens (tertiary/aromatic N) is 2. The first kappa shape index (κ1) is 20.2. The van der Waals surface area contributed by atoms with Crippen molar-refractivity contribution in [1.82, 2.24) is 9.88 Å². The number of unbranched alkanes of at least 4 members (excludes halogenated alkanes) is 1. The molecule has 1 aromatic carbocycles. The predicted octanol–water partition coefficient (Wildman–Crippen LogP) is 5.45. The van der Waals surface area contributed by atoms with Crippen molar-refractivity contribution >= 4 is 5.91 Å². The Morgan fingerprint density at radius 2 is 2.04 bits per heavy atom. The Labute approximate surface area is 168 Å². The summed E-state index contributed by atoms with van der Waals surface area (Å²) in [5, 5.41) is 12.3. The van der Waals surface area contributed by atoms with Crippen molar-refractivity contribution in [3.05, 3.63) is 47.2 Å². The number of nitrogens with one attached hydrogen (secondary N) is 1. The maximum Gasteiger partial charge on any atom is 0.253 e. The summed E-state index contributed by atoms with van der Waals surface area (Å²) in [5.74, 6) is 0.666. The Balaban J connectivity index is 1.96. The fourth-order valence-electron chi connectivity index (χ4n) is 4.20. The second kappa shape index (κ2) is 9.59. The Hall–Kier alpha value is -2.54. The Bertz CT molecular complexity index is 853. The van der Waals surface area contributed by atoms with Gasteiger partial charge >= 0.3 is 0 Å². The molecule has 1 heterocycles. The molecule has 1 N–H and O–H groups in total. The molecular weight excluding hydrogens is 346 g/mol. The molecule has 0 radical (unpaired) electrons. The third-order valence-electron chi connectivity index (χ3n) is 5.88. The molecule has 1 aliphatic carbocycles. The summed E-state index contributed by atoms with van der Waals surface area (Å²) in [7, 11) is 0. The molecule has 1 aliphatic rings. The number of carbonyl (C=O) groups excluding carboxylic acids is 1. The van der Waals surface area contributed by atoms with Gasteiger partial charge in [-0.15, -0.1) is 0 Å². The molecule has 1 fully saturated rings. The number of carbonyl (C=O) groups is 1. The van der Waals surface area contributed by atoms with Crippen LogP contribution in [0.2, 0.25) is 0 Å². The highest BCUT2D eigenvalue weighted by Crippen LogP contribution is 2.31. The van der Waals surface area contributed by atoms with Crippen LogP contribution in [0.15, 0.2) is 30.3 Å². The third-order valence-corrected chi connectivity index (χ3v) is 5.88. The van der Waals surface area contributed by atoms with E-state index in [2.05, 4.69) is 29.8 Å². The Morgan fingerprint density at radius 1 is 1.25 bits per heavy atom. The second-order valence-corrected chi connectivity index (χ2v) is 7.95. The van der Waals surface area contributed by atoms with Gasteiger partial charge in [0.15, 0.2) is 0 Å². The van der Waals surface area contributed by atoms with E-state index < -0.39 is 0 Å². The van der Waals surface area contributed by atoms with Gasteiger partial charge in [-0.2, -0.15) is 5.26 Å². The predicted molar refractivity (Wildman–Crippen MR) is 113 cm³/mol. The van der Waals surface area contributed by atoms with Crippen LogP contribution in [0.25, 0.3) is 11.3 Å². The van der Waals surface area contributed by atoms with Crippen molar-refractivity contribution < 1.29 is 4.79 Å². The standard InChI is InChI=1S/C24H31N3O/c1-3-4-13-26-24(28)22-15-23(21-12-8-11-20(14-21)16-25)27(18(22)2)17-19-9-6-5-7-10-19/h8,11-12,14-15,19H,3-7,9-10,13,17H2,1-2H3,(H,26,28). The van der Waals surface area contributed by atoms with E-state index in [0.717, 1.165) is 41.9 Å². The van der Waals surface area contributed by atoms with Crippen LogP contribution in [0.3, 0.4) is 0 Å². The average molecular weight is 378 g/mol. The summed E-state index contributed by atoms with van der Waals surface area (Å²) in [6.45, 7) is 5.83. The SMILES string of the molecule is CCCCNC(=O)c1cc(-c2cccc(C#N)c2)n(CC2CCCCC2)c1C. The highest BCUT2D eigenvalue weighted by atomic mass is 16.1.